The number of rotatable bonds is 78. The second-order valence-corrected chi connectivity index (χ2v) is 31.5. The molecule has 0 saturated heterocycles. The zero-order valence-corrected chi connectivity index (χ0v) is 65.0. The quantitative estimate of drug-likeness (QED) is 0.0222. The first-order chi connectivity index (χ1) is 47.0. The van der Waals surface area contributed by atoms with Gasteiger partial charge in [-0.3, -0.25) is 37.3 Å². The van der Waals surface area contributed by atoms with E-state index in [1.54, 1.807) is 0 Å². The number of unbranched alkanes of at least 4 members (excludes halogenated alkanes) is 50. The van der Waals surface area contributed by atoms with Crippen molar-refractivity contribution in [2.75, 3.05) is 39.6 Å². The van der Waals surface area contributed by atoms with E-state index in [9.17, 15) is 43.2 Å². The molecule has 2 unspecified atom stereocenters. The second kappa shape index (κ2) is 71.1. The van der Waals surface area contributed by atoms with Crippen molar-refractivity contribution in [2.45, 2.75) is 432 Å². The van der Waals surface area contributed by atoms with Crippen LogP contribution in [0, 0.1) is 5.92 Å². The number of ether oxygens (including phenoxy) is 4. The largest absolute Gasteiger partial charge is 0.472 e. The molecule has 0 bridgehead atoms. The lowest BCUT2D eigenvalue weighted by molar-refractivity contribution is -0.161. The number of esters is 4. The molecule has 0 aromatic carbocycles. The highest BCUT2D eigenvalue weighted by Gasteiger charge is 2.30. The minimum Gasteiger partial charge on any atom is -0.462 e. The molecule has 0 aromatic heterocycles. The standard InChI is InChI=1S/C78H152O17P2/c1-6-9-12-15-18-21-24-27-29-31-33-35-37-40-42-45-51-56-61-75(80)88-67-73(94-78(83)64-59-54-47-44-41-38-36-34-32-30-28-25-22-19-16-13-10-7-2)69-92-96(84,85)90-65-72(79)66-91-97(86,87)93-70-74(68-89-76(81)62-57-52-49-48-50-55-60-71(4)5)95-77(82)63-58-53-46-43-39-26-23-20-17-14-11-8-3/h71-74,79H,6-70H2,1-5H3,(H,84,85)(H,86,87)/t72-,73-,74-/m1/s1. The van der Waals surface area contributed by atoms with Gasteiger partial charge in [0.05, 0.1) is 26.4 Å². The summed E-state index contributed by atoms with van der Waals surface area (Å²) < 4.78 is 68.6. The number of hydrogen-bond acceptors (Lipinski definition) is 15. The average molecular weight is 1420 g/mol. The van der Waals surface area contributed by atoms with E-state index in [1.165, 1.54) is 231 Å². The van der Waals surface area contributed by atoms with Gasteiger partial charge in [-0.25, -0.2) is 9.13 Å². The third-order valence-corrected chi connectivity index (χ3v) is 20.2. The number of phosphoric acid groups is 2. The van der Waals surface area contributed by atoms with Crippen LogP contribution in [0.5, 0.6) is 0 Å². The molecule has 0 saturated carbocycles. The Kier molecular flexibility index (Phi) is 69.6. The number of aliphatic hydroxyl groups excluding tert-OH is 1. The molecule has 0 aliphatic rings. The molecule has 0 radical (unpaired) electrons. The Labute approximate surface area is 594 Å². The molecule has 0 aromatic rings. The molecule has 576 valence electrons. The van der Waals surface area contributed by atoms with Gasteiger partial charge in [0.2, 0.25) is 0 Å². The van der Waals surface area contributed by atoms with Crippen molar-refractivity contribution in [3.63, 3.8) is 0 Å². The molecule has 0 amide bonds. The van der Waals surface area contributed by atoms with E-state index in [0.29, 0.717) is 31.6 Å². The summed E-state index contributed by atoms with van der Waals surface area (Å²) >= 11 is 0. The van der Waals surface area contributed by atoms with E-state index in [-0.39, 0.29) is 25.7 Å². The Morgan fingerprint density at radius 1 is 0.278 bits per heavy atom. The number of aliphatic hydroxyl groups is 1. The Morgan fingerprint density at radius 2 is 0.474 bits per heavy atom. The summed E-state index contributed by atoms with van der Waals surface area (Å²) in [6, 6.07) is 0. The van der Waals surface area contributed by atoms with E-state index in [2.05, 4.69) is 34.6 Å². The first kappa shape index (κ1) is 95.1. The van der Waals surface area contributed by atoms with Crippen LogP contribution in [0.3, 0.4) is 0 Å². The van der Waals surface area contributed by atoms with Crippen molar-refractivity contribution in [1.82, 2.24) is 0 Å². The van der Waals surface area contributed by atoms with Crippen molar-refractivity contribution in [3.05, 3.63) is 0 Å². The van der Waals surface area contributed by atoms with Gasteiger partial charge in [-0.05, 0) is 31.6 Å². The fourth-order valence-corrected chi connectivity index (χ4v) is 13.6. The zero-order chi connectivity index (χ0) is 71.2. The normalized spacial score (nSPS) is 13.9. The van der Waals surface area contributed by atoms with E-state index in [4.69, 9.17) is 37.0 Å². The van der Waals surface area contributed by atoms with E-state index in [1.807, 2.05) is 0 Å². The summed E-state index contributed by atoms with van der Waals surface area (Å²) in [4.78, 5) is 72.8. The summed E-state index contributed by atoms with van der Waals surface area (Å²) in [5.41, 5.74) is 0. The first-order valence-electron chi connectivity index (χ1n) is 40.6. The number of carbonyl (C=O) groups is 4. The predicted molar refractivity (Wildman–Crippen MR) is 395 cm³/mol. The van der Waals surface area contributed by atoms with Crippen LogP contribution in [0.2, 0.25) is 0 Å². The van der Waals surface area contributed by atoms with Crippen molar-refractivity contribution >= 4 is 39.5 Å². The molecule has 0 fully saturated rings. The highest BCUT2D eigenvalue weighted by Crippen LogP contribution is 2.45. The van der Waals surface area contributed by atoms with Crippen LogP contribution >= 0.6 is 15.6 Å². The lowest BCUT2D eigenvalue weighted by Crippen LogP contribution is -2.30. The molecule has 0 aliphatic carbocycles. The van der Waals surface area contributed by atoms with Crippen LogP contribution in [0.1, 0.15) is 413 Å². The lowest BCUT2D eigenvalue weighted by Gasteiger charge is -2.21. The van der Waals surface area contributed by atoms with Gasteiger partial charge < -0.3 is 33.8 Å². The summed E-state index contributed by atoms with van der Waals surface area (Å²) in [6.45, 7) is 7.23. The van der Waals surface area contributed by atoms with Crippen molar-refractivity contribution in [1.29, 1.82) is 0 Å². The molecule has 3 N–H and O–H groups in total. The van der Waals surface area contributed by atoms with E-state index in [0.717, 1.165) is 96.3 Å². The summed E-state index contributed by atoms with van der Waals surface area (Å²) in [5, 5.41) is 10.6. The Hall–Kier alpha value is -1.94. The fraction of sp³-hybridized carbons (Fsp3) is 0.949. The van der Waals surface area contributed by atoms with Crippen LogP contribution in [0.15, 0.2) is 0 Å². The monoisotopic (exact) mass is 1420 g/mol. The molecule has 0 heterocycles. The number of hydrogen-bond donors (Lipinski definition) is 3. The van der Waals surface area contributed by atoms with Gasteiger partial charge in [0.1, 0.15) is 19.3 Å². The fourth-order valence-electron chi connectivity index (χ4n) is 12.1. The molecule has 97 heavy (non-hydrogen) atoms. The first-order valence-corrected chi connectivity index (χ1v) is 43.6. The number of carbonyl (C=O) groups excluding carboxylic acids is 4. The molecule has 19 heteroatoms. The second-order valence-electron chi connectivity index (χ2n) is 28.6. The molecular formula is C78H152O17P2. The smallest absolute Gasteiger partial charge is 0.462 e. The van der Waals surface area contributed by atoms with Crippen molar-refractivity contribution in [2.24, 2.45) is 5.92 Å². The van der Waals surface area contributed by atoms with Crippen LogP contribution in [0.4, 0.5) is 0 Å². The minimum absolute atomic E-state index is 0.107. The molecular weight excluding hydrogens is 1270 g/mol. The van der Waals surface area contributed by atoms with Gasteiger partial charge in [0, 0.05) is 25.7 Å². The van der Waals surface area contributed by atoms with E-state index >= 15 is 0 Å². The maximum Gasteiger partial charge on any atom is 0.472 e. The number of phosphoric ester groups is 2. The molecule has 0 spiro atoms. The van der Waals surface area contributed by atoms with Crippen molar-refractivity contribution in [3.8, 4) is 0 Å². The zero-order valence-electron chi connectivity index (χ0n) is 63.2. The van der Waals surface area contributed by atoms with Gasteiger partial charge in [0.15, 0.2) is 12.2 Å². The van der Waals surface area contributed by atoms with Gasteiger partial charge >= 0.3 is 39.5 Å². The lowest BCUT2D eigenvalue weighted by atomic mass is 10.0. The Bertz CT molecular complexity index is 1860. The van der Waals surface area contributed by atoms with E-state index < -0.39 is 97.5 Å². The van der Waals surface area contributed by atoms with Crippen LogP contribution in [-0.4, -0.2) is 96.7 Å². The Balaban J connectivity index is 5.21. The third-order valence-electron chi connectivity index (χ3n) is 18.3. The molecule has 0 aliphatic heterocycles. The van der Waals surface area contributed by atoms with Crippen LogP contribution in [-0.2, 0) is 65.4 Å². The SMILES string of the molecule is CCCCCCCCCCCCCCCCCCCCC(=O)OC[C@H](COP(=O)(O)OC[C@@H](O)COP(=O)(O)OC[C@@H](COC(=O)CCCCCCCCC(C)C)OC(=O)CCCCCCCCCCCCCC)OC(=O)CCCCCCCCCCCCCCCCCCCC. The maximum atomic E-state index is 13.1. The predicted octanol–water partition coefficient (Wildman–Crippen LogP) is 23.3. The van der Waals surface area contributed by atoms with Gasteiger partial charge in [-0.15, -0.1) is 0 Å². The van der Waals surface area contributed by atoms with Gasteiger partial charge in [-0.2, -0.15) is 0 Å². The van der Waals surface area contributed by atoms with Crippen molar-refractivity contribution < 1.29 is 80.2 Å². The summed E-state index contributed by atoms with van der Waals surface area (Å²) in [5.74, 6) is -1.43. The Morgan fingerprint density at radius 3 is 0.701 bits per heavy atom. The van der Waals surface area contributed by atoms with Crippen LogP contribution < -0.4 is 0 Å². The molecule has 5 atom stereocenters. The average Bonchev–Trinajstić information content (AvgIpc) is 1.33. The minimum atomic E-state index is -4.96. The highest BCUT2D eigenvalue weighted by atomic mass is 31.2. The maximum absolute atomic E-state index is 13.1. The van der Waals surface area contributed by atoms with Crippen LogP contribution in [0.25, 0.3) is 0 Å². The highest BCUT2D eigenvalue weighted by molar-refractivity contribution is 7.47. The van der Waals surface area contributed by atoms with Gasteiger partial charge in [0.25, 0.3) is 0 Å². The van der Waals surface area contributed by atoms with Gasteiger partial charge in [-0.1, -0.05) is 362 Å². The summed E-state index contributed by atoms with van der Waals surface area (Å²) in [7, 11) is -9.91. The third kappa shape index (κ3) is 72.2. The molecule has 0 rings (SSSR count). The molecule has 17 nitrogen and oxygen atoms in total. The topological polar surface area (TPSA) is 237 Å². The summed E-state index contributed by atoms with van der Waals surface area (Å²) in [6.07, 6.45) is 61.2.